The number of hydrogen-bond donors (Lipinski definition) is 1. The van der Waals surface area contributed by atoms with Gasteiger partial charge in [0.1, 0.15) is 5.69 Å². The molecule has 3 rings (SSSR count). The summed E-state index contributed by atoms with van der Waals surface area (Å²) in [7, 11) is 0. The number of aromatic nitrogens is 1. The van der Waals surface area contributed by atoms with Gasteiger partial charge in [0.25, 0.3) is 0 Å². The molecular formula is C13H14F3NOS. The van der Waals surface area contributed by atoms with Crippen LogP contribution < -0.4 is 0 Å². The number of thioether (sulfide) groups is 1. The van der Waals surface area contributed by atoms with Crippen LogP contribution in [0, 0.1) is 0 Å². The van der Waals surface area contributed by atoms with E-state index in [-0.39, 0.29) is 0 Å². The summed E-state index contributed by atoms with van der Waals surface area (Å²) in [4.78, 5) is 3.45. The number of nitrogens with zero attached hydrogens (tertiary/aromatic N) is 1. The van der Waals surface area contributed by atoms with Crippen molar-refractivity contribution in [2.45, 2.75) is 48.0 Å². The highest BCUT2D eigenvalue weighted by molar-refractivity contribution is 8.00. The molecule has 3 heterocycles. The first-order chi connectivity index (χ1) is 8.87. The van der Waals surface area contributed by atoms with Gasteiger partial charge in [0.15, 0.2) is 0 Å². The number of alkyl halides is 3. The minimum Gasteiger partial charge on any atom is -0.385 e. The molecule has 6 heteroatoms. The van der Waals surface area contributed by atoms with Crippen LogP contribution in [0.4, 0.5) is 13.2 Å². The molecule has 1 aromatic rings. The molecule has 104 valence electrons. The van der Waals surface area contributed by atoms with Crippen molar-refractivity contribution in [3.05, 3.63) is 29.6 Å². The Kier molecular flexibility index (Phi) is 3.05. The maximum atomic E-state index is 12.5. The first-order valence-electron chi connectivity index (χ1n) is 6.28. The van der Waals surface area contributed by atoms with Gasteiger partial charge in [-0.3, -0.25) is 4.98 Å². The van der Waals surface area contributed by atoms with E-state index >= 15 is 0 Å². The third kappa shape index (κ3) is 2.48. The van der Waals surface area contributed by atoms with Crippen LogP contribution in [0.25, 0.3) is 0 Å². The fourth-order valence-corrected chi connectivity index (χ4v) is 4.82. The predicted octanol–water partition coefficient (Wildman–Crippen LogP) is 3.35. The van der Waals surface area contributed by atoms with Crippen molar-refractivity contribution < 1.29 is 18.3 Å². The molecule has 0 amide bonds. The molecule has 0 radical (unpaired) electrons. The molecule has 19 heavy (non-hydrogen) atoms. The van der Waals surface area contributed by atoms with Crippen molar-refractivity contribution in [3.63, 3.8) is 0 Å². The van der Waals surface area contributed by atoms with Gasteiger partial charge >= 0.3 is 6.18 Å². The van der Waals surface area contributed by atoms with E-state index < -0.39 is 17.5 Å². The van der Waals surface area contributed by atoms with E-state index in [1.54, 1.807) is 0 Å². The second kappa shape index (κ2) is 4.38. The third-order valence-electron chi connectivity index (χ3n) is 3.92. The number of aliphatic hydroxyl groups is 1. The largest absolute Gasteiger partial charge is 0.433 e. The summed E-state index contributed by atoms with van der Waals surface area (Å²) in [6, 6.07) is 2.32. The second-order valence-corrected chi connectivity index (χ2v) is 6.93. The molecule has 2 aliphatic heterocycles. The minimum absolute atomic E-state index is 0.422. The SMILES string of the molecule is OC1(c2ccc(C(F)(F)F)nc2)CC2CCC(C1)S2. The zero-order valence-corrected chi connectivity index (χ0v) is 11.0. The summed E-state index contributed by atoms with van der Waals surface area (Å²) in [6.07, 6.45) is 0.153. The van der Waals surface area contributed by atoms with Gasteiger partial charge in [0.05, 0.1) is 5.60 Å². The molecule has 2 atom stereocenters. The Balaban J connectivity index is 1.86. The summed E-state index contributed by atoms with van der Waals surface area (Å²) >= 11 is 1.90. The molecule has 1 aromatic heterocycles. The van der Waals surface area contributed by atoms with Gasteiger partial charge in [-0.1, -0.05) is 6.07 Å². The summed E-state index contributed by atoms with van der Waals surface area (Å²) in [5, 5.41) is 11.5. The monoisotopic (exact) mass is 289 g/mol. The number of rotatable bonds is 1. The van der Waals surface area contributed by atoms with Crippen LogP contribution in [0.2, 0.25) is 0 Å². The Morgan fingerprint density at radius 2 is 1.84 bits per heavy atom. The molecule has 2 nitrogen and oxygen atoms in total. The van der Waals surface area contributed by atoms with Gasteiger partial charge in [-0.25, -0.2) is 0 Å². The normalized spacial score (nSPS) is 34.5. The molecule has 2 bridgehead atoms. The van der Waals surface area contributed by atoms with Crippen LogP contribution in [0.1, 0.15) is 36.9 Å². The van der Waals surface area contributed by atoms with Gasteiger partial charge in [0.2, 0.25) is 0 Å². The zero-order valence-electron chi connectivity index (χ0n) is 10.2. The maximum absolute atomic E-state index is 12.5. The predicted molar refractivity (Wildman–Crippen MR) is 66.8 cm³/mol. The molecule has 0 spiro atoms. The average Bonchev–Trinajstić information content (AvgIpc) is 2.68. The molecular weight excluding hydrogens is 275 g/mol. The Labute approximate surface area is 113 Å². The molecule has 0 aromatic carbocycles. The number of halogens is 3. The van der Waals surface area contributed by atoms with Crippen molar-refractivity contribution in [1.29, 1.82) is 0 Å². The van der Waals surface area contributed by atoms with Gasteiger partial charge in [-0.15, -0.1) is 0 Å². The number of fused-ring (bicyclic) bond motifs is 2. The first kappa shape index (κ1) is 13.2. The van der Waals surface area contributed by atoms with Crippen LogP contribution in [0.15, 0.2) is 18.3 Å². The lowest BCUT2D eigenvalue weighted by Crippen LogP contribution is -2.34. The van der Waals surface area contributed by atoms with Crippen molar-refractivity contribution in [2.75, 3.05) is 0 Å². The molecule has 2 saturated heterocycles. The lowest BCUT2D eigenvalue weighted by atomic mass is 9.87. The Morgan fingerprint density at radius 1 is 1.21 bits per heavy atom. The average molecular weight is 289 g/mol. The van der Waals surface area contributed by atoms with E-state index in [0.717, 1.165) is 18.9 Å². The van der Waals surface area contributed by atoms with Crippen LogP contribution >= 0.6 is 11.8 Å². The Bertz CT molecular complexity index is 462. The fourth-order valence-electron chi connectivity index (χ4n) is 2.99. The summed E-state index contributed by atoms with van der Waals surface area (Å²) in [6.45, 7) is 0. The highest BCUT2D eigenvalue weighted by atomic mass is 32.2. The lowest BCUT2D eigenvalue weighted by molar-refractivity contribution is -0.141. The van der Waals surface area contributed by atoms with Gasteiger partial charge < -0.3 is 5.11 Å². The van der Waals surface area contributed by atoms with Crippen molar-refractivity contribution in [2.24, 2.45) is 0 Å². The standard InChI is InChI=1S/C13H14F3NOS/c14-13(15,16)11-4-1-8(7-17-11)12(18)5-9-2-3-10(6-12)19-9/h1,4,7,9-10,18H,2-3,5-6H2. The topological polar surface area (TPSA) is 33.1 Å². The van der Waals surface area contributed by atoms with Gasteiger partial charge in [0, 0.05) is 22.3 Å². The molecule has 1 N–H and O–H groups in total. The number of hydrogen-bond acceptors (Lipinski definition) is 3. The van der Waals surface area contributed by atoms with Crippen LogP contribution in [-0.2, 0) is 11.8 Å². The van der Waals surface area contributed by atoms with E-state index in [1.807, 2.05) is 11.8 Å². The van der Waals surface area contributed by atoms with Gasteiger partial charge in [-0.05, 0) is 31.7 Å². The van der Waals surface area contributed by atoms with Crippen LogP contribution in [-0.4, -0.2) is 20.6 Å². The van der Waals surface area contributed by atoms with Crippen molar-refractivity contribution >= 4 is 11.8 Å². The quantitative estimate of drug-likeness (QED) is 0.860. The highest BCUT2D eigenvalue weighted by Crippen LogP contribution is 2.51. The van der Waals surface area contributed by atoms with Crippen LogP contribution in [0.3, 0.4) is 0 Å². The summed E-state index contributed by atoms with van der Waals surface area (Å²) in [5.41, 5.74) is -1.40. The van der Waals surface area contributed by atoms with E-state index in [9.17, 15) is 18.3 Å². The Hall–Kier alpha value is -0.750. The molecule has 2 unspecified atom stereocenters. The molecule has 2 aliphatic rings. The minimum atomic E-state index is -4.43. The summed E-state index contributed by atoms with van der Waals surface area (Å²) in [5.74, 6) is 0. The zero-order chi connectivity index (χ0) is 13.7. The van der Waals surface area contributed by atoms with Crippen molar-refractivity contribution in [1.82, 2.24) is 4.98 Å². The smallest absolute Gasteiger partial charge is 0.385 e. The highest BCUT2D eigenvalue weighted by Gasteiger charge is 2.44. The maximum Gasteiger partial charge on any atom is 0.433 e. The van der Waals surface area contributed by atoms with E-state index in [0.29, 0.717) is 28.9 Å². The summed E-state index contributed by atoms with van der Waals surface area (Å²) < 4.78 is 37.4. The van der Waals surface area contributed by atoms with E-state index in [1.165, 1.54) is 12.3 Å². The van der Waals surface area contributed by atoms with Crippen molar-refractivity contribution in [3.8, 4) is 0 Å². The number of pyridine rings is 1. The second-order valence-electron chi connectivity index (χ2n) is 5.33. The third-order valence-corrected chi connectivity index (χ3v) is 5.49. The van der Waals surface area contributed by atoms with Gasteiger partial charge in [-0.2, -0.15) is 24.9 Å². The first-order valence-corrected chi connectivity index (χ1v) is 7.23. The lowest BCUT2D eigenvalue weighted by Gasteiger charge is -2.36. The molecule has 0 aliphatic carbocycles. The van der Waals surface area contributed by atoms with E-state index in [2.05, 4.69) is 4.98 Å². The van der Waals surface area contributed by atoms with Crippen LogP contribution in [0.5, 0.6) is 0 Å². The Morgan fingerprint density at radius 3 is 2.32 bits per heavy atom. The van der Waals surface area contributed by atoms with E-state index in [4.69, 9.17) is 0 Å². The molecule has 0 saturated carbocycles. The molecule has 2 fully saturated rings. The fraction of sp³-hybridized carbons (Fsp3) is 0.615.